The average Bonchev–Trinajstić information content (AvgIpc) is 2.72. The van der Waals surface area contributed by atoms with Gasteiger partial charge in [-0.2, -0.15) is 0 Å². The molecule has 1 aliphatic rings. The van der Waals surface area contributed by atoms with E-state index in [9.17, 15) is 9.59 Å². The van der Waals surface area contributed by atoms with E-state index < -0.39 is 0 Å². The maximum Gasteiger partial charge on any atom is 0.224 e. The summed E-state index contributed by atoms with van der Waals surface area (Å²) >= 11 is 0. The largest absolute Gasteiger partial charge is 0.356 e. The van der Waals surface area contributed by atoms with Crippen molar-refractivity contribution < 1.29 is 9.59 Å². The topological polar surface area (TPSA) is 70.2 Å². The van der Waals surface area contributed by atoms with E-state index in [1.54, 1.807) is 0 Å². The number of hydrogen-bond donors (Lipinski definition) is 3. The molecule has 0 aromatic heterocycles. The molecule has 0 unspecified atom stereocenters. The van der Waals surface area contributed by atoms with Crippen molar-refractivity contribution in [3.63, 3.8) is 0 Å². The minimum absolute atomic E-state index is 0.00439. The first-order valence-corrected chi connectivity index (χ1v) is 6.40. The van der Waals surface area contributed by atoms with E-state index in [0.29, 0.717) is 25.4 Å². The van der Waals surface area contributed by atoms with Crippen molar-refractivity contribution in [2.45, 2.75) is 26.7 Å². The van der Waals surface area contributed by atoms with Gasteiger partial charge in [0.2, 0.25) is 11.8 Å². The minimum Gasteiger partial charge on any atom is -0.356 e. The number of nitrogens with one attached hydrogen (secondary N) is 3. The second kappa shape index (κ2) is 7.27. The molecule has 0 bridgehead atoms. The van der Waals surface area contributed by atoms with Crippen LogP contribution in [0.2, 0.25) is 0 Å². The highest BCUT2D eigenvalue weighted by molar-refractivity contribution is 5.81. The Labute approximate surface area is 103 Å². The third-order valence-electron chi connectivity index (χ3n) is 3.08. The maximum absolute atomic E-state index is 11.8. The van der Waals surface area contributed by atoms with Crippen LogP contribution in [0.25, 0.3) is 0 Å². The fourth-order valence-corrected chi connectivity index (χ4v) is 1.94. The minimum atomic E-state index is 0.00439. The van der Waals surface area contributed by atoms with Crippen LogP contribution in [-0.4, -0.2) is 38.0 Å². The van der Waals surface area contributed by atoms with Crippen LogP contribution < -0.4 is 16.0 Å². The molecular formula is C12H23N3O2. The zero-order valence-electron chi connectivity index (χ0n) is 10.7. The van der Waals surface area contributed by atoms with Crippen molar-refractivity contribution in [3.05, 3.63) is 0 Å². The van der Waals surface area contributed by atoms with Gasteiger partial charge in [-0.25, -0.2) is 0 Å². The molecule has 1 saturated heterocycles. The monoisotopic (exact) mass is 241 g/mol. The second-order valence-electron chi connectivity index (χ2n) is 4.63. The van der Waals surface area contributed by atoms with Gasteiger partial charge < -0.3 is 16.0 Å². The molecule has 0 aromatic carbocycles. The lowest BCUT2D eigenvalue weighted by atomic mass is 9.97. The Kier molecular flexibility index (Phi) is 5.97. The summed E-state index contributed by atoms with van der Waals surface area (Å²) in [5.41, 5.74) is 0. The zero-order valence-corrected chi connectivity index (χ0v) is 10.7. The van der Waals surface area contributed by atoms with Gasteiger partial charge in [-0.1, -0.05) is 13.8 Å². The highest BCUT2D eigenvalue weighted by Crippen LogP contribution is 2.15. The normalized spacial score (nSPS) is 23.4. The van der Waals surface area contributed by atoms with Crippen LogP contribution in [0, 0.1) is 11.8 Å². The molecule has 5 nitrogen and oxygen atoms in total. The molecular weight excluding hydrogens is 218 g/mol. The van der Waals surface area contributed by atoms with Gasteiger partial charge in [-0.3, -0.25) is 9.59 Å². The smallest absolute Gasteiger partial charge is 0.224 e. The van der Waals surface area contributed by atoms with Crippen LogP contribution in [0.3, 0.4) is 0 Å². The molecule has 5 heteroatoms. The van der Waals surface area contributed by atoms with Crippen LogP contribution in [-0.2, 0) is 9.59 Å². The van der Waals surface area contributed by atoms with E-state index in [-0.39, 0.29) is 17.7 Å². The lowest BCUT2D eigenvalue weighted by molar-refractivity contribution is -0.125. The van der Waals surface area contributed by atoms with Gasteiger partial charge in [0.15, 0.2) is 0 Å². The number of rotatable bonds is 6. The van der Waals surface area contributed by atoms with E-state index in [0.717, 1.165) is 19.5 Å². The van der Waals surface area contributed by atoms with E-state index in [1.807, 2.05) is 6.92 Å². The molecule has 1 fully saturated rings. The van der Waals surface area contributed by atoms with Crippen molar-refractivity contribution in [2.24, 2.45) is 11.8 Å². The number of carbonyl (C=O) groups is 2. The van der Waals surface area contributed by atoms with E-state index in [2.05, 4.69) is 22.9 Å². The van der Waals surface area contributed by atoms with Gasteiger partial charge in [0.25, 0.3) is 0 Å². The van der Waals surface area contributed by atoms with Crippen LogP contribution in [0.4, 0.5) is 0 Å². The van der Waals surface area contributed by atoms with Crippen molar-refractivity contribution in [1.29, 1.82) is 0 Å². The molecule has 0 radical (unpaired) electrons. The van der Waals surface area contributed by atoms with Gasteiger partial charge in [0.05, 0.1) is 5.92 Å². The predicted molar refractivity (Wildman–Crippen MR) is 66.5 cm³/mol. The first-order chi connectivity index (χ1) is 8.15. The summed E-state index contributed by atoms with van der Waals surface area (Å²) in [5.74, 6) is 0.494. The summed E-state index contributed by atoms with van der Waals surface area (Å²) in [6, 6.07) is 0. The summed E-state index contributed by atoms with van der Waals surface area (Å²) < 4.78 is 0. The first-order valence-electron chi connectivity index (χ1n) is 6.40. The first kappa shape index (κ1) is 14.0. The summed E-state index contributed by atoms with van der Waals surface area (Å²) in [6.45, 7) is 6.85. The summed E-state index contributed by atoms with van der Waals surface area (Å²) in [5, 5.41) is 8.79. The lowest BCUT2D eigenvalue weighted by Gasteiger charge is -2.13. The standard InChI is InChI=1S/C12H23N3O2/c1-3-5-14-11(16)4-6-15-12(17)10-8-13-7-9(10)2/h9-10,13H,3-8H2,1-2H3,(H,14,16)(H,15,17)/t9-,10-/m1/s1. The molecule has 1 aliphatic heterocycles. The molecule has 98 valence electrons. The van der Waals surface area contributed by atoms with E-state index in [1.165, 1.54) is 0 Å². The Balaban J connectivity index is 2.13. The van der Waals surface area contributed by atoms with Crippen molar-refractivity contribution in [2.75, 3.05) is 26.2 Å². The van der Waals surface area contributed by atoms with Crippen molar-refractivity contribution >= 4 is 11.8 Å². The predicted octanol–water partition coefficient (Wildman–Crippen LogP) is -0.126. The van der Waals surface area contributed by atoms with Crippen LogP contribution in [0.5, 0.6) is 0 Å². The molecule has 0 aromatic rings. The van der Waals surface area contributed by atoms with Crippen LogP contribution >= 0.6 is 0 Å². The quantitative estimate of drug-likeness (QED) is 0.607. The lowest BCUT2D eigenvalue weighted by Crippen LogP contribution is -2.37. The fraction of sp³-hybridized carbons (Fsp3) is 0.833. The van der Waals surface area contributed by atoms with Crippen LogP contribution in [0.1, 0.15) is 26.7 Å². The number of amides is 2. The van der Waals surface area contributed by atoms with Gasteiger partial charge in [-0.05, 0) is 18.9 Å². The molecule has 2 amide bonds. The molecule has 1 heterocycles. The number of hydrogen-bond acceptors (Lipinski definition) is 3. The maximum atomic E-state index is 11.8. The van der Waals surface area contributed by atoms with Gasteiger partial charge >= 0.3 is 0 Å². The molecule has 1 rings (SSSR count). The van der Waals surface area contributed by atoms with Crippen LogP contribution in [0.15, 0.2) is 0 Å². The van der Waals surface area contributed by atoms with E-state index in [4.69, 9.17) is 0 Å². The third kappa shape index (κ3) is 4.73. The number of carbonyl (C=O) groups excluding carboxylic acids is 2. The zero-order chi connectivity index (χ0) is 12.7. The second-order valence-corrected chi connectivity index (χ2v) is 4.63. The third-order valence-corrected chi connectivity index (χ3v) is 3.08. The SMILES string of the molecule is CCCNC(=O)CCNC(=O)[C@@H]1CNC[C@H]1C. The molecule has 0 saturated carbocycles. The molecule has 0 spiro atoms. The van der Waals surface area contributed by atoms with Gasteiger partial charge in [0, 0.05) is 26.1 Å². The Morgan fingerprint density at radius 2 is 2.00 bits per heavy atom. The molecule has 3 N–H and O–H groups in total. The van der Waals surface area contributed by atoms with Gasteiger partial charge in [0.1, 0.15) is 0 Å². The highest BCUT2D eigenvalue weighted by Gasteiger charge is 2.29. The summed E-state index contributed by atoms with van der Waals surface area (Å²) in [7, 11) is 0. The average molecular weight is 241 g/mol. The summed E-state index contributed by atoms with van der Waals surface area (Å²) in [6.07, 6.45) is 1.30. The Hall–Kier alpha value is -1.10. The molecule has 17 heavy (non-hydrogen) atoms. The Morgan fingerprint density at radius 1 is 1.24 bits per heavy atom. The molecule has 0 aliphatic carbocycles. The molecule has 2 atom stereocenters. The highest BCUT2D eigenvalue weighted by atomic mass is 16.2. The van der Waals surface area contributed by atoms with E-state index >= 15 is 0 Å². The Bertz CT molecular complexity index is 268. The van der Waals surface area contributed by atoms with Gasteiger partial charge in [-0.15, -0.1) is 0 Å². The summed E-state index contributed by atoms with van der Waals surface area (Å²) in [4.78, 5) is 23.1. The fourth-order valence-electron chi connectivity index (χ4n) is 1.94. The Morgan fingerprint density at radius 3 is 2.59 bits per heavy atom. The van der Waals surface area contributed by atoms with Crippen molar-refractivity contribution in [3.8, 4) is 0 Å². The van der Waals surface area contributed by atoms with Crippen molar-refractivity contribution in [1.82, 2.24) is 16.0 Å².